The van der Waals surface area contributed by atoms with Crippen molar-refractivity contribution in [3.63, 3.8) is 0 Å². The first-order valence-electron chi connectivity index (χ1n) is 6.72. The second kappa shape index (κ2) is 6.22. The number of hydrogen-bond acceptors (Lipinski definition) is 5. The minimum absolute atomic E-state index is 0.0454. The van der Waals surface area contributed by atoms with Crippen LogP contribution in [0.5, 0.6) is 0 Å². The molecule has 1 aromatic rings. The summed E-state index contributed by atoms with van der Waals surface area (Å²) < 4.78 is 0. The van der Waals surface area contributed by atoms with Gasteiger partial charge in [-0.2, -0.15) is 5.26 Å². The van der Waals surface area contributed by atoms with E-state index in [1.54, 1.807) is 19.2 Å². The highest BCUT2D eigenvalue weighted by molar-refractivity contribution is 5.79. The van der Waals surface area contributed by atoms with Crippen molar-refractivity contribution in [3.8, 4) is 6.07 Å². The first-order chi connectivity index (χ1) is 10.1. The summed E-state index contributed by atoms with van der Waals surface area (Å²) in [6.07, 6.45) is 1.58. The molecule has 0 aromatic heterocycles. The van der Waals surface area contributed by atoms with Gasteiger partial charge in [0, 0.05) is 26.2 Å². The molecule has 7 nitrogen and oxygen atoms in total. The smallest absolute Gasteiger partial charge is 0.293 e. The molecule has 1 unspecified atom stereocenters. The number of amides is 1. The van der Waals surface area contributed by atoms with Crippen LogP contribution in [0.1, 0.15) is 18.4 Å². The second-order valence-corrected chi connectivity index (χ2v) is 4.97. The van der Waals surface area contributed by atoms with Crippen LogP contribution in [0.25, 0.3) is 0 Å². The van der Waals surface area contributed by atoms with E-state index in [1.807, 2.05) is 11.0 Å². The number of carbonyl (C=O) groups excluding carboxylic acids is 1. The van der Waals surface area contributed by atoms with E-state index in [2.05, 4.69) is 5.32 Å². The minimum Gasteiger partial charge on any atom is -0.365 e. The summed E-state index contributed by atoms with van der Waals surface area (Å²) in [5, 5.41) is 22.7. The topological polar surface area (TPSA) is 99.3 Å². The number of benzene rings is 1. The normalized spacial score (nSPS) is 17.9. The van der Waals surface area contributed by atoms with E-state index in [4.69, 9.17) is 5.26 Å². The van der Waals surface area contributed by atoms with Gasteiger partial charge in [-0.1, -0.05) is 0 Å². The Bertz CT molecular complexity index is 609. The van der Waals surface area contributed by atoms with E-state index in [-0.39, 0.29) is 23.1 Å². The van der Waals surface area contributed by atoms with Crippen LogP contribution in [0.3, 0.4) is 0 Å². The fourth-order valence-electron chi connectivity index (χ4n) is 2.62. The van der Waals surface area contributed by atoms with E-state index < -0.39 is 4.92 Å². The molecule has 1 fully saturated rings. The molecule has 21 heavy (non-hydrogen) atoms. The number of anilines is 1. The lowest BCUT2D eigenvalue weighted by atomic mass is 9.96. The number of nitro benzene ring substituents is 1. The summed E-state index contributed by atoms with van der Waals surface area (Å²) in [5.74, 6) is -0.213. The van der Waals surface area contributed by atoms with Crippen molar-refractivity contribution >= 4 is 17.3 Å². The summed E-state index contributed by atoms with van der Waals surface area (Å²) in [4.78, 5) is 24.3. The number of nitrogens with zero attached hydrogens (tertiary/aromatic N) is 3. The van der Waals surface area contributed by atoms with Gasteiger partial charge >= 0.3 is 0 Å². The van der Waals surface area contributed by atoms with Gasteiger partial charge in [-0.05, 0) is 25.0 Å². The molecule has 1 saturated heterocycles. The monoisotopic (exact) mass is 288 g/mol. The minimum atomic E-state index is -0.486. The molecule has 0 bridgehead atoms. The zero-order valence-corrected chi connectivity index (χ0v) is 11.7. The van der Waals surface area contributed by atoms with Crippen LogP contribution < -0.4 is 10.2 Å². The van der Waals surface area contributed by atoms with Crippen LogP contribution in [0.4, 0.5) is 11.4 Å². The van der Waals surface area contributed by atoms with Crippen molar-refractivity contribution in [1.82, 2.24) is 5.32 Å². The molecular weight excluding hydrogens is 272 g/mol. The van der Waals surface area contributed by atoms with Gasteiger partial charge in [-0.3, -0.25) is 14.9 Å². The van der Waals surface area contributed by atoms with Gasteiger partial charge in [0.1, 0.15) is 5.69 Å². The summed E-state index contributed by atoms with van der Waals surface area (Å²) in [7, 11) is 1.59. The molecule has 1 aromatic carbocycles. The molecule has 1 aliphatic rings. The Morgan fingerprint density at radius 1 is 1.57 bits per heavy atom. The Kier molecular flexibility index (Phi) is 4.38. The van der Waals surface area contributed by atoms with Crippen molar-refractivity contribution in [2.24, 2.45) is 5.92 Å². The lowest BCUT2D eigenvalue weighted by Crippen LogP contribution is -2.42. The number of carbonyl (C=O) groups is 1. The van der Waals surface area contributed by atoms with Crippen LogP contribution in [-0.2, 0) is 4.79 Å². The van der Waals surface area contributed by atoms with Gasteiger partial charge in [-0.15, -0.1) is 0 Å². The maximum absolute atomic E-state index is 11.7. The predicted octanol–water partition coefficient (Wildman–Crippen LogP) is 1.43. The Labute approximate surface area is 122 Å². The van der Waals surface area contributed by atoms with Crippen molar-refractivity contribution in [2.75, 3.05) is 25.0 Å². The largest absolute Gasteiger partial charge is 0.365 e. The Morgan fingerprint density at radius 2 is 2.33 bits per heavy atom. The Balaban J connectivity index is 2.31. The maximum atomic E-state index is 11.7. The van der Waals surface area contributed by atoms with Gasteiger partial charge in [0.15, 0.2) is 0 Å². The SMILES string of the molecule is CNC(=O)C1CCCN(c2ccc(C#N)cc2[N+](=O)[O-])C1. The Hall–Kier alpha value is -2.62. The summed E-state index contributed by atoms with van der Waals surface area (Å²) in [6.45, 7) is 1.12. The van der Waals surface area contributed by atoms with Crippen LogP contribution in [0, 0.1) is 27.4 Å². The van der Waals surface area contributed by atoms with E-state index in [0.29, 0.717) is 18.8 Å². The standard InChI is InChI=1S/C14H16N4O3/c1-16-14(19)11-3-2-6-17(9-11)12-5-4-10(8-15)7-13(12)18(20)21/h4-5,7,11H,2-3,6,9H2,1H3,(H,16,19). The lowest BCUT2D eigenvalue weighted by molar-refractivity contribution is -0.384. The average molecular weight is 288 g/mol. The molecule has 110 valence electrons. The number of nitrogens with one attached hydrogen (secondary N) is 1. The molecule has 0 aliphatic carbocycles. The van der Waals surface area contributed by atoms with Crippen molar-refractivity contribution in [2.45, 2.75) is 12.8 Å². The van der Waals surface area contributed by atoms with E-state index in [0.717, 1.165) is 12.8 Å². The fourth-order valence-corrected chi connectivity index (χ4v) is 2.62. The van der Waals surface area contributed by atoms with Crippen molar-refractivity contribution in [3.05, 3.63) is 33.9 Å². The highest BCUT2D eigenvalue weighted by Gasteiger charge is 2.28. The van der Waals surface area contributed by atoms with Gasteiger partial charge in [0.25, 0.3) is 5.69 Å². The van der Waals surface area contributed by atoms with Gasteiger partial charge in [0.05, 0.1) is 22.5 Å². The van der Waals surface area contributed by atoms with E-state index in [9.17, 15) is 14.9 Å². The molecule has 1 atom stereocenters. The van der Waals surface area contributed by atoms with E-state index >= 15 is 0 Å². The van der Waals surface area contributed by atoms with Crippen LogP contribution in [0.15, 0.2) is 18.2 Å². The average Bonchev–Trinajstić information content (AvgIpc) is 2.53. The molecule has 0 saturated carbocycles. The van der Waals surface area contributed by atoms with Crippen LogP contribution >= 0.6 is 0 Å². The Morgan fingerprint density at radius 3 is 2.95 bits per heavy atom. The quantitative estimate of drug-likeness (QED) is 0.670. The van der Waals surface area contributed by atoms with Crippen molar-refractivity contribution < 1.29 is 9.72 Å². The maximum Gasteiger partial charge on any atom is 0.293 e. The first-order valence-corrected chi connectivity index (χ1v) is 6.72. The van der Waals surface area contributed by atoms with Gasteiger partial charge in [0.2, 0.25) is 5.91 Å². The molecule has 1 heterocycles. The first kappa shape index (κ1) is 14.8. The fraction of sp³-hybridized carbons (Fsp3) is 0.429. The predicted molar refractivity (Wildman–Crippen MR) is 76.8 cm³/mol. The van der Waals surface area contributed by atoms with Gasteiger partial charge in [-0.25, -0.2) is 0 Å². The number of nitro groups is 1. The third-order valence-electron chi connectivity index (χ3n) is 3.68. The molecule has 0 radical (unpaired) electrons. The lowest BCUT2D eigenvalue weighted by Gasteiger charge is -2.33. The molecule has 1 amide bonds. The zero-order chi connectivity index (χ0) is 15.4. The molecule has 1 aliphatic heterocycles. The van der Waals surface area contributed by atoms with Crippen molar-refractivity contribution in [1.29, 1.82) is 5.26 Å². The molecular formula is C14H16N4O3. The summed E-state index contributed by atoms with van der Waals surface area (Å²) in [6, 6.07) is 6.33. The third kappa shape index (κ3) is 3.11. The summed E-state index contributed by atoms with van der Waals surface area (Å²) >= 11 is 0. The third-order valence-corrected chi connectivity index (χ3v) is 3.68. The van der Waals surface area contributed by atoms with Gasteiger partial charge < -0.3 is 10.2 Å². The zero-order valence-electron chi connectivity index (χ0n) is 11.7. The van der Waals surface area contributed by atoms with Crippen LogP contribution in [-0.4, -0.2) is 31.0 Å². The molecule has 2 rings (SSSR count). The number of hydrogen-bond donors (Lipinski definition) is 1. The number of piperidine rings is 1. The second-order valence-electron chi connectivity index (χ2n) is 4.97. The molecule has 1 N–H and O–H groups in total. The number of nitriles is 1. The highest BCUT2D eigenvalue weighted by atomic mass is 16.6. The van der Waals surface area contributed by atoms with E-state index in [1.165, 1.54) is 6.07 Å². The van der Waals surface area contributed by atoms with Crippen LogP contribution in [0.2, 0.25) is 0 Å². The summed E-state index contributed by atoms with van der Waals surface area (Å²) in [5.41, 5.74) is 0.629. The number of rotatable bonds is 3. The molecule has 7 heteroatoms. The molecule has 0 spiro atoms. The highest BCUT2D eigenvalue weighted by Crippen LogP contribution is 2.32.